The number of methoxy groups -OCH3 is 1. The lowest BCUT2D eigenvalue weighted by Gasteiger charge is -2.20. The summed E-state index contributed by atoms with van der Waals surface area (Å²) >= 11 is 0. The summed E-state index contributed by atoms with van der Waals surface area (Å²) in [6, 6.07) is 13.7. The number of hydrogen-bond donors (Lipinski definition) is 2. The van der Waals surface area contributed by atoms with Gasteiger partial charge in [-0.1, -0.05) is 12.1 Å². The summed E-state index contributed by atoms with van der Waals surface area (Å²) in [5.41, 5.74) is 15.0. The molecule has 0 saturated heterocycles. The van der Waals surface area contributed by atoms with Gasteiger partial charge in [-0.05, 0) is 35.9 Å². The average molecular weight is 257 g/mol. The summed E-state index contributed by atoms with van der Waals surface area (Å²) in [7, 11) is 3.69. The van der Waals surface area contributed by atoms with Gasteiger partial charge >= 0.3 is 0 Å². The maximum atomic E-state index is 5.83. The molecule has 0 amide bonds. The Balaban J connectivity index is 2.15. The number of ether oxygens (including phenoxy) is 1. The second-order valence-corrected chi connectivity index (χ2v) is 4.52. The monoisotopic (exact) mass is 257 g/mol. The van der Waals surface area contributed by atoms with Crippen LogP contribution in [-0.2, 0) is 6.54 Å². The van der Waals surface area contributed by atoms with Gasteiger partial charge < -0.3 is 21.1 Å². The summed E-state index contributed by atoms with van der Waals surface area (Å²) in [5.74, 6) is 0.864. The van der Waals surface area contributed by atoms with Crippen molar-refractivity contribution in [2.24, 2.45) is 0 Å². The summed E-state index contributed by atoms with van der Waals surface area (Å²) < 4.78 is 5.22. The fourth-order valence-corrected chi connectivity index (χ4v) is 1.94. The van der Waals surface area contributed by atoms with E-state index in [2.05, 4.69) is 11.0 Å². The molecule has 0 aliphatic rings. The number of nitrogens with zero attached hydrogens (tertiary/aromatic N) is 1. The highest BCUT2D eigenvalue weighted by Gasteiger charge is 2.05. The van der Waals surface area contributed by atoms with E-state index in [-0.39, 0.29) is 0 Å². The molecule has 4 N–H and O–H groups in total. The van der Waals surface area contributed by atoms with Crippen molar-refractivity contribution in [3.63, 3.8) is 0 Å². The van der Waals surface area contributed by atoms with Gasteiger partial charge in [0.25, 0.3) is 0 Å². The Kier molecular flexibility index (Phi) is 3.80. The Labute approximate surface area is 113 Å². The van der Waals surface area contributed by atoms with Gasteiger partial charge in [0.05, 0.1) is 18.5 Å². The number of hydrogen-bond acceptors (Lipinski definition) is 4. The van der Waals surface area contributed by atoms with Crippen molar-refractivity contribution in [1.29, 1.82) is 0 Å². The summed E-state index contributed by atoms with van der Waals surface area (Å²) in [4.78, 5) is 2.12. The van der Waals surface area contributed by atoms with Crippen LogP contribution in [0.4, 0.5) is 17.1 Å². The molecule has 4 nitrogen and oxygen atoms in total. The van der Waals surface area contributed by atoms with E-state index in [0.29, 0.717) is 11.4 Å². The first-order valence-electron chi connectivity index (χ1n) is 6.09. The van der Waals surface area contributed by atoms with E-state index in [9.17, 15) is 0 Å². The molecule has 4 heteroatoms. The number of anilines is 3. The van der Waals surface area contributed by atoms with Gasteiger partial charge in [-0.3, -0.25) is 0 Å². The number of benzene rings is 2. The van der Waals surface area contributed by atoms with E-state index in [0.717, 1.165) is 18.0 Å². The molecule has 0 atom stereocenters. The van der Waals surface area contributed by atoms with Gasteiger partial charge in [-0.2, -0.15) is 0 Å². The first kappa shape index (κ1) is 13.1. The van der Waals surface area contributed by atoms with Crippen LogP contribution >= 0.6 is 0 Å². The van der Waals surface area contributed by atoms with Crippen LogP contribution in [0.15, 0.2) is 42.5 Å². The largest absolute Gasteiger partial charge is 0.497 e. The van der Waals surface area contributed by atoms with Gasteiger partial charge in [-0.25, -0.2) is 0 Å². The zero-order chi connectivity index (χ0) is 13.8. The summed E-state index contributed by atoms with van der Waals surface area (Å²) in [5, 5.41) is 0. The van der Waals surface area contributed by atoms with E-state index >= 15 is 0 Å². The highest BCUT2D eigenvalue weighted by Crippen LogP contribution is 2.24. The molecule has 0 unspecified atom stereocenters. The fourth-order valence-electron chi connectivity index (χ4n) is 1.94. The van der Waals surface area contributed by atoms with E-state index in [4.69, 9.17) is 16.2 Å². The third-order valence-corrected chi connectivity index (χ3v) is 3.07. The third-order valence-electron chi connectivity index (χ3n) is 3.07. The quantitative estimate of drug-likeness (QED) is 0.826. The molecule has 0 aliphatic heterocycles. The molecule has 0 fully saturated rings. The molecule has 0 saturated carbocycles. The predicted octanol–water partition coefficient (Wildman–Crippen LogP) is 2.50. The Morgan fingerprint density at radius 2 is 1.84 bits per heavy atom. The van der Waals surface area contributed by atoms with Crippen molar-refractivity contribution in [1.82, 2.24) is 0 Å². The topological polar surface area (TPSA) is 64.5 Å². The van der Waals surface area contributed by atoms with Crippen molar-refractivity contribution < 1.29 is 4.74 Å². The van der Waals surface area contributed by atoms with Gasteiger partial charge in [0, 0.05) is 19.3 Å². The minimum atomic E-state index is 0.606. The van der Waals surface area contributed by atoms with Crippen LogP contribution in [0.1, 0.15) is 5.56 Å². The Morgan fingerprint density at radius 1 is 1.05 bits per heavy atom. The lowest BCUT2D eigenvalue weighted by Crippen LogP contribution is -2.16. The maximum absolute atomic E-state index is 5.83. The first-order chi connectivity index (χ1) is 9.10. The van der Waals surface area contributed by atoms with E-state index in [1.165, 1.54) is 5.56 Å². The molecule has 19 heavy (non-hydrogen) atoms. The van der Waals surface area contributed by atoms with Crippen LogP contribution in [0.25, 0.3) is 0 Å². The Hall–Kier alpha value is -2.36. The van der Waals surface area contributed by atoms with Gasteiger partial charge in [0.15, 0.2) is 0 Å². The summed E-state index contributed by atoms with van der Waals surface area (Å²) in [6.07, 6.45) is 0. The zero-order valence-corrected chi connectivity index (χ0v) is 11.3. The van der Waals surface area contributed by atoms with E-state index < -0.39 is 0 Å². The van der Waals surface area contributed by atoms with Gasteiger partial charge in [-0.15, -0.1) is 0 Å². The van der Waals surface area contributed by atoms with E-state index in [1.54, 1.807) is 7.11 Å². The normalized spacial score (nSPS) is 10.2. The van der Waals surface area contributed by atoms with E-state index in [1.807, 2.05) is 43.4 Å². The second-order valence-electron chi connectivity index (χ2n) is 4.52. The van der Waals surface area contributed by atoms with Gasteiger partial charge in [0.2, 0.25) is 0 Å². The molecule has 0 heterocycles. The van der Waals surface area contributed by atoms with Crippen LogP contribution < -0.4 is 21.1 Å². The van der Waals surface area contributed by atoms with Crippen LogP contribution in [-0.4, -0.2) is 14.2 Å². The number of nitrogen functional groups attached to an aromatic ring is 2. The highest BCUT2D eigenvalue weighted by molar-refractivity contribution is 5.69. The maximum Gasteiger partial charge on any atom is 0.119 e. The van der Waals surface area contributed by atoms with Crippen LogP contribution in [0, 0.1) is 0 Å². The van der Waals surface area contributed by atoms with Crippen LogP contribution in [0.2, 0.25) is 0 Å². The van der Waals surface area contributed by atoms with Crippen molar-refractivity contribution in [3.8, 4) is 5.75 Å². The SMILES string of the molecule is COc1cccc(CN(C)c2ccc(N)c(N)c2)c1. The van der Waals surface area contributed by atoms with Crippen molar-refractivity contribution in [2.75, 3.05) is 30.5 Å². The molecule has 100 valence electrons. The average Bonchev–Trinajstić information content (AvgIpc) is 2.42. The number of rotatable bonds is 4. The Morgan fingerprint density at radius 3 is 2.53 bits per heavy atom. The minimum absolute atomic E-state index is 0.606. The van der Waals surface area contributed by atoms with Crippen molar-refractivity contribution >= 4 is 17.1 Å². The molecular weight excluding hydrogens is 238 g/mol. The minimum Gasteiger partial charge on any atom is -0.497 e. The van der Waals surface area contributed by atoms with Crippen molar-refractivity contribution in [3.05, 3.63) is 48.0 Å². The van der Waals surface area contributed by atoms with Crippen molar-refractivity contribution in [2.45, 2.75) is 6.54 Å². The molecule has 0 aliphatic carbocycles. The summed E-state index contributed by atoms with van der Waals surface area (Å²) in [6.45, 7) is 0.778. The molecule has 0 bridgehead atoms. The Bertz CT molecular complexity index is 569. The third kappa shape index (κ3) is 3.10. The van der Waals surface area contributed by atoms with Gasteiger partial charge in [0.1, 0.15) is 5.75 Å². The first-order valence-corrected chi connectivity index (χ1v) is 6.09. The second kappa shape index (κ2) is 5.52. The predicted molar refractivity (Wildman–Crippen MR) is 80.4 cm³/mol. The molecule has 0 aromatic heterocycles. The molecular formula is C15H19N3O. The highest BCUT2D eigenvalue weighted by atomic mass is 16.5. The molecule has 2 rings (SSSR count). The molecule has 2 aromatic rings. The molecule has 2 aromatic carbocycles. The molecule has 0 radical (unpaired) electrons. The fraction of sp³-hybridized carbons (Fsp3) is 0.200. The smallest absolute Gasteiger partial charge is 0.119 e. The van der Waals surface area contributed by atoms with Crippen LogP contribution in [0.3, 0.4) is 0 Å². The number of nitrogens with two attached hydrogens (primary N) is 2. The zero-order valence-electron chi connectivity index (χ0n) is 11.3. The lowest BCUT2D eigenvalue weighted by molar-refractivity contribution is 0.414. The van der Waals surface area contributed by atoms with Crippen LogP contribution in [0.5, 0.6) is 5.75 Å². The standard InChI is InChI=1S/C15H19N3O/c1-18(12-6-7-14(16)15(17)9-12)10-11-4-3-5-13(8-11)19-2/h3-9H,10,16-17H2,1-2H3. The molecule has 0 spiro atoms. The lowest BCUT2D eigenvalue weighted by atomic mass is 10.2.